The van der Waals surface area contributed by atoms with Crippen LogP contribution >= 0.6 is 0 Å². The molecule has 1 saturated carbocycles. The summed E-state index contributed by atoms with van der Waals surface area (Å²) >= 11 is 0. The first kappa shape index (κ1) is 31.4. The van der Waals surface area contributed by atoms with Crippen molar-refractivity contribution in [3.05, 3.63) is 0 Å². The van der Waals surface area contributed by atoms with Crippen molar-refractivity contribution in [2.24, 2.45) is 16.6 Å². The predicted octanol–water partition coefficient (Wildman–Crippen LogP) is 6.51. The van der Waals surface area contributed by atoms with Crippen LogP contribution in [0.1, 0.15) is 137 Å². The van der Waals surface area contributed by atoms with Crippen LogP contribution in [0.4, 0.5) is 0 Å². The molecule has 1 aliphatic carbocycles. The molecule has 1 rings (SSSR count). The van der Waals surface area contributed by atoms with Gasteiger partial charge in [-0.1, -0.05) is 105 Å². The quantitative estimate of drug-likeness (QED) is 0.136. The Morgan fingerprint density at radius 1 is 0.941 bits per heavy atom. The molecular formula is C29H58N2O3. The Morgan fingerprint density at radius 3 is 2.00 bits per heavy atom. The van der Waals surface area contributed by atoms with E-state index in [4.69, 9.17) is 10.5 Å². The van der Waals surface area contributed by atoms with Crippen LogP contribution in [0.3, 0.4) is 0 Å². The molecule has 0 saturated heterocycles. The molecular weight excluding hydrogens is 424 g/mol. The molecule has 0 radical (unpaired) electrons. The van der Waals surface area contributed by atoms with E-state index in [0.29, 0.717) is 13.0 Å². The Labute approximate surface area is 211 Å². The third-order valence-electron chi connectivity index (χ3n) is 7.33. The van der Waals surface area contributed by atoms with Gasteiger partial charge in [0, 0.05) is 25.6 Å². The SMILES string of the molecule is CCCCCCCCCCCCCCCC(=O)OCC(O)CNCC1(C)CC(N)CC(C)(C)C1. The highest BCUT2D eigenvalue weighted by Crippen LogP contribution is 2.45. The highest BCUT2D eigenvalue weighted by molar-refractivity contribution is 5.69. The van der Waals surface area contributed by atoms with Crippen LogP contribution < -0.4 is 11.1 Å². The van der Waals surface area contributed by atoms with Crippen molar-refractivity contribution in [3.8, 4) is 0 Å². The smallest absolute Gasteiger partial charge is 0.305 e. The predicted molar refractivity (Wildman–Crippen MR) is 144 cm³/mol. The number of carbonyl (C=O) groups is 1. The maximum absolute atomic E-state index is 12.0. The minimum absolute atomic E-state index is 0.0754. The van der Waals surface area contributed by atoms with E-state index in [2.05, 4.69) is 33.0 Å². The summed E-state index contributed by atoms with van der Waals surface area (Å²) in [7, 11) is 0. The van der Waals surface area contributed by atoms with Crippen molar-refractivity contribution in [2.45, 2.75) is 149 Å². The summed E-state index contributed by atoms with van der Waals surface area (Å²) in [4.78, 5) is 12.0. The summed E-state index contributed by atoms with van der Waals surface area (Å²) in [5.41, 5.74) is 6.68. The van der Waals surface area contributed by atoms with Crippen LogP contribution in [0.2, 0.25) is 0 Å². The van der Waals surface area contributed by atoms with Gasteiger partial charge in [-0.25, -0.2) is 0 Å². The number of hydrogen-bond acceptors (Lipinski definition) is 5. The number of ether oxygens (including phenoxy) is 1. The standard InChI is InChI=1S/C29H58N2O3/c1-5-6-7-8-9-10-11-12-13-14-15-16-17-18-27(33)34-22-26(32)21-31-24-29(4)20-25(30)19-28(2,3)23-29/h25-26,31-32H,5-24,30H2,1-4H3. The molecule has 0 aromatic rings. The van der Waals surface area contributed by atoms with E-state index in [0.717, 1.165) is 38.6 Å². The molecule has 0 spiro atoms. The lowest BCUT2D eigenvalue weighted by molar-refractivity contribution is -0.146. The number of carbonyl (C=O) groups excluding carboxylic acids is 1. The summed E-state index contributed by atoms with van der Waals surface area (Å²) in [6.45, 7) is 10.5. The van der Waals surface area contributed by atoms with Gasteiger partial charge in [-0.3, -0.25) is 4.79 Å². The normalized spacial score (nSPS) is 23.1. The van der Waals surface area contributed by atoms with Crippen molar-refractivity contribution < 1.29 is 14.6 Å². The monoisotopic (exact) mass is 482 g/mol. The number of rotatable bonds is 20. The second-order valence-corrected chi connectivity index (χ2v) is 12.3. The van der Waals surface area contributed by atoms with Gasteiger partial charge in [0.25, 0.3) is 0 Å². The van der Waals surface area contributed by atoms with Gasteiger partial charge in [0.05, 0.1) is 0 Å². The molecule has 1 aliphatic rings. The number of nitrogens with one attached hydrogen (secondary N) is 1. The molecule has 5 heteroatoms. The lowest BCUT2D eigenvalue weighted by Gasteiger charge is -2.46. The summed E-state index contributed by atoms with van der Waals surface area (Å²) in [6, 6.07) is 0.242. The minimum atomic E-state index is -0.663. The average molecular weight is 483 g/mol. The molecule has 1 fully saturated rings. The summed E-state index contributed by atoms with van der Waals surface area (Å²) in [5.74, 6) is -0.186. The Morgan fingerprint density at radius 2 is 1.47 bits per heavy atom. The molecule has 0 aromatic carbocycles. The van der Waals surface area contributed by atoms with Gasteiger partial charge in [-0.15, -0.1) is 0 Å². The van der Waals surface area contributed by atoms with E-state index < -0.39 is 6.10 Å². The van der Waals surface area contributed by atoms with E-state index in [1.54, 1.807) is 0 Å². The fourth-order valence-corrected chi connectivity index (χ4v) is 6.00. The maximum Gasteiger partial charge on any atom is 0.305 e. The van der Waals surface area contributed by atoms with E-state index in [1.807, 2.05) is 0 Å². The zero-order valence-corrected chi connectivity index (χ0v) is 23.1. The molecule has 0 heterocycles. The second-order valence-electron chi connectivity index (χ2n) is 12.3. The van der Waals surface area contributed by atoms with Gasteiger partial charge < -0.3 is 20.9 Å². The van der Waals surface area contributed by atoms with Gasteiger partial charge in [0.1, 0.15) is 12.7 Å². The van der Waals surface area contributed by atoms with Crippen molar-refractivity contribution in [1.29, 1.82) is 0 Å². The average Bonchev–Trinajstić information content (AvgIpc) is 2.73. The number of aliphatic hydroxyl groups is 1. The first-order chi connectivity index (χ1) is 16.2. The third-order valence-corrected chi connectivity index (χ3v) is 7.33. The maximum atomic E-state index is 12.0. The van der Waals surface area contributed by atoms with Gasteiger partial charge in [0.15, 0.2) is 0 Å². The Hall–Kier alpha value is -0.650. The van der Waals surface area contributed by atoms with Gasteiger partial charge >= 0.3 is 5.97 Å². The molecule has 0 aromatic heterocycles. The van der Waals surface area contributed by atoms with Crippen molar-refractivity contribution in [1.82, 2.24) is 5.32 Å². The van der Waals surface area contributed by atoms with Crippen LogP contribution in [0.25, 0.3) is 0 Å². The second kappa shape index (κ2) is 17.7. The van der Waals surface area contributed by atoms with Crippen LogP contribution in [0, 0.1) is 10.8 Å². The lowest BCUT2D eigenvalue weighted by Crippen LogP contribution is -2.47. The Bertz CT molecular complexity index is 526. The highest BCUT2D eigenvalue weighted by Gasteiger charge is 2.39. The zero-order valence-electron chi connectivity index (χ0n) is 23.1. The van der Waals surface area contributed by atoms with E-state index >= 15 is 0 Å². The van der Waals surface area contributed by atoms with E-state index in [9.17, 15) is 9.90 Å². The molecule has 3 atom stereocenters. The van der Waals surface area contributed by atoms with Crippen LogP contribution in [0.5, 0.6) is 0 Å². The number of nitrogens with two attached hydrogens (primary N) is 1. The van der Waals surface area contributed by atoms with Gasteiger partial charge in [-0.2, -0.15) is 0 Å². The first-order valence-corrected chi connectivity index (χ1v) is 14.5. The summed E-state index contributed by atoms with van der Waals surface area (Å²) < 4.78 is 5.28. The Balaban J connectivity index is 1.95. The van der Waals surface area contributed by atoms with E-state index in [1.165, 1.54) is 70.6 Å². The van der Waals surface area contributed by atoms with Crippen molar-refractivity contribution in [3.63, 3.8) is 0 Å². The van der Waals surface area contributed by atoms with Crippen molar-refractivity contribution in [2.75, 3.05) is 19.7 Å². The largest absolute Gasteiger partial charge is 0.463 e. The molecule has 0 bridgehead atoms. The fraction of sp³-hybridized carbons (Fsp3) is 0.966. The molecule has 202 valence electrons. The fourth-order valence-electron chi connectivity index (χ4n) is 6.00. The topological polar surface area (TPSA) is 84.6 Å². The molecule has 5 nitrogen and oxygen atoms in total. The molecule has 3 unspecified atom stereocenters. The number of hydrogen-bond donors (Lipinski definition) is 3. The summed E-state index contributed by atoms with van der Waals surface area (Å²) in [5, 5.41) is 13.6. The number of aliphatic hydroxyl groups excluding tert-OH is 1. The van der Waals surface area contributed by atoms with Crippen LogP contribution in [-0.2, 0) is 9.53 Å². The van der Waals surface area contributed by atoms with Crippen LogP contribution in [-0.4, -0.2) is 42.9 Å². The highest BCUT2D eigenvalue weighted by atomic mass is 16.5. The zero-order chi connectivity index (χ0) is 25.3. The van der Waals surface area contributed by atoms with E-state index in [-0.39, 0.29) is 29.4 Å². The molecule has 0 aliphatic heterocycles. The van der Waals surface area contributed by atoms with Gasteiger partial charge in [0.2, 0.25) is 0 Å². The number of esters is 1. The minimum Gasteiger partial charge on any atom is -0.463 e. The molecule has 4 N–H and O–H groups in total. The Kier molecular flexibility index (Phi) is 16.4. The lowest BCUT2D eigenvalue weighted by atomic mass is 9.63. The van der Waals surface area contributed by atoms with Gasteiger partial charge in [-0.05, 0) is 36.5 Å². The molecule has 34 heavy (non-hydrogen) atoms. The third kappa shape index (κ3) is 16.1. The molecule has 0 amide bonds. The van der Waals surface area contributed by atoms with Crippen LogP contribution in [0.15, 0.2) is 0 Å². The number of unbranched alkanes of at least 4 members (excludes halogenated alkanes) is 12. The van der Waals surface area contributed by atoms with Crippen molar-refractivity contribution >= 4 is 5.97 Å². The first-order valence-electron chi connectivity index (χ1n) is 14.5. The summed E-state index contributed by atoms with van der Waals surface area (Å²) in [6.07, 6.45) is 19.8.